The van der Waals surface area contributed by atoms with E-state index in [1.165, 1.54) is 17.3 Å². The highest BCUT2D eigenvalue weighted by molar-refractivity contribution is 6.76. The lowest BCUT2D eigenvalue weighted by molar-refractivity contribution is 0.961. The molecule has 0 heterocycles. The molecule has 0 amide bonds. The summed E-state index contributed by atoms with van der Waals surface area (Å²) in [6.07, 6.45) is 0. The van der Waals surface area contributed by atoms with E-state index in [0.29, 0.717) is 0 Å². The first-order valence-electron chi connectivity index (χ1n) is 6.71. The van der Waals surface area contributed by atoms with Crippen LogP contribution in [-0.2, 0) is 0 Å². The molecule has 0 atom stereocenters. The van der Waals surface area contributed by atoms with Gasteiger partial charge < -0.3 is 4.90 Å². The third-order valence-electron chi connectivity index (χ3n) is 3.20. The van der Waals surface area contributed by atoms with Gasteiger partial charge in [0.2, 0.25) is 0 Å². The van der Waals surface area contributed by atoms with Crippen LogP contribution in [0.5, 0.6) is 0 Å². The molecule has 0 aromatic heterocycles. The van der Waals surface area contributed by atoms with Gasteiger partial charge in [-0.15, -0.1) is 0 Å². The van der Waals surface area contributed by atoms with Crippen LogP contribution in [-0.4, -0.2) is 21.7 Å². The second kappa shape index (κ2) is 6.23. The van der Waals surface area contributed by atoms with Crippen molar-refractivity contribution >= 4 is 13.8 Å². The molecule has 2 heteroatoms. The smallest absolute Gasteiger partial charge is 0.0483 e. The van der Waals surface area contributed by atoms with Gasteiger partial charge in [0.1, 0.15) is 0 Å². The molecule has 0 spiro atoms. The minimum Gasteiger partial charge on any atom is -0.371 e. The van der Waals surface area contributed by atoms with Gasteiger partial charge in [-0.3, -0.25) is 0 Å². The molecule has 1 aromatic rings. The van der Waals surface area contributed by atoms with Crippen molar-refractivity contribution in [3.63, 3.8) is 0 Å². The highest BCUT2D eigenvalue weighted by Gasteiger charge is 2.15. The number of hydrogen-bond donors (Lipinski definition) is 0. The number of hydrogen-bond acceptors (Lipinski definition) is 1. The molecular formula is C16H27NSi. The Labute approximate surface area is 114 Å². The van der Waals surface area contributed by atoms with Crippen LogP contribution in [0.2, 0.25) is 25.7 Å². The van der Waals surface area contributed by atoms with Gasteiger partial charge in [0, 0.05) is 27.4 Å². The van der Waals surface area contributed by atoms with Gasteiger partial charge >= 0.3 is 0 Å². The normalized spacial score (nSPS) is 13.2. The van der Waals surface area contributed by atoms with E-state index in [9.17, 15) is 0 Å². The molecule has 0 fully saturated rings. The number of rotatable bonds is 5. The van der Waals surface area contributed by atoms with E-state index in [4.69, 9.17) is 0 Å². The Hall–Kier alpha value is -1.02. The SMILES string of the molecule is C/C(CN(C)c1ccccc1)=C(/C)C[Si](C)(C)C. The predicted octanol–water partition coefficient (Wildman–Crippen LogP) is 4.80. The number of para-hydroxylation sites is 1. The van der Waals surface area contributed by atoms with Gasteiger partial charge in [-0.2, -0.15) is 0 Å². The third-order valence-corrected chi connectivity index (χ3v) is 4.79. The summed E-state index contributed by atoms with van der Waals surface area (Å²) in [6, 6.07) is 11.9. The molecule has 1 aromatic carbocycles. The molecule has 0 N–H and O–H groups in total. The second-order valence-corrected chi connectivity index (χ2v) is 12.0. The van der Waals surface area contributed by atoms with Crippen molar-refractivity contribution in [3.05, 3.63) is 41.5 Å². The molecule has 0 saturated heterocycles. The van der Waals surface area contributed by atoms with Crippen LogP contribution in [0.4, 0.5) is 5.69 Å². The summed E-state index contributed by atoms with van der Waals surface area (Å²) >= 11 is 0. The molecule has 0 saturated carbocycles. The Kier molecular flexibility index (Phi) is 5.21. The predicted molar refractivity (Wildman–Crippen MR) is 86.2 cm³/mol. The summed E-state index contributed by atoms with van der Waals surface area (Å²) in [5.74, 6) is 0. The average Bonchev–Trinajstić information content (AvgIpc) is 2.27. The Morgan fingerprint density at radius 1 is 1.00 bits per heavy atom. The maximum absolute atomic E-state index is 2.44. The fraction of sp³-hybridized carbons (Fsp3) is 0.500. The van der Waals surface area contributed by atoms with Gasteiger partial charge in [-0.05, 0) is 32.0 Å². The number of allylic oxidation sites excluding steroid dienone is 1. The van der Waals surface area contributed by atoms with E-state index < -0.39 is 8.07 Å². The van der Waals surface area contributed by atoms with E-state index in [0.717, 1.165) is 6.54 Å². The minimum absolute atomic E-state index is 0.990. The van der Waals surface area contributed by atoms with Crippen molar-refractivity contribution < 1.29 is 0 Å². The first kappa shape index (κ1) is 15.0. The molecule has 0 aliphatic heterocycles. The van der Waals surface area contributed by atoms with Gasteiger partial charge in [-0.1, -0.05) is 49.0 Å². The zero-order valence-electron chi connectivity index (χ0n) is 12.7. The lowest BCUT2D eigenvalue weighted by Gasteiger charge is -2.23. The van der Waals surface area contributed by atoms with Crippen molar-refractivity contribution in [2.24, 2.45) is 0 Å². The van der Waals surface area contributed by atoms with E-state index in [1.54, 1.807) is 5.57 Å². The Morgan fingerprint density at radius 3 is 2.06 bits per heavy atom. The van der Waals surface area contributed by atoms with Crippen LogP contribution in [0.15, 0.2) is 41.5 Å². The molecule has 0 bridgehead atoms. The van der Waals surface area contributed by atoms with Crippen LogP contribution in [0, 0.1) is 0 Å². The van der Waals surface area contributed by atoms with Crippen LogP contribution >= 0.6 is 0 Å². The third kappa shape index (κ3) is 5.09. The standard InChI is InChI=1S/C16H27NSi/c1-14(15(2)13-18(4,5)6)12-17(3)16-10-8-7-9-11-16/h7-11H,12-13H2,1-6H3/b15-14+. The maximum Gasteiger partial charge on any atom is 0.0483 e. The van der Waals surface area contributed by atoms with Crippen LogP contribution < -0.4 is 4.90 Å². The average molecular weight is 261 g/mol. The highest BCUT2D eigenvalue weighted by atomic mass is 28.3. The lowest BCUT2D eigenvalue weighted by atomic mass is 10.1. The quantitative estimate of drug-likeness (QED) is 0.544. The Bertz CT molecular complexity index is 401. The first-order chi connectivity index (χ1) is 8.29. The fourth-order valence-corrected chi connectivity index (χ4v) is 4.10. The minimum atomic E-state index is -0.990. The molecule has 1 nitrogen and oxygen atoms in total. The summed E-state index contributed by atoms with van der Waals surface area (Å²) in [7, 11) is 1.18. The highest BCUT2D eigenvalue weighted by Crippen LogP contribution is 2.20. The summed E-state index contributed by atoms with van der Waals surface area (Å²) in [4.78, 5) is 2.32. The van der Waals surface area contributed by atoms with Gasteiger partial charge in [0.25, 0.3) is 0 Å². The lowest BCUT2D eigenvalue weighted by Crippen LogP contribution is -2.23. The molecule has 0 aliphatic rings. The van der Waals surface area contributed by atoms with E-state index in [1.807, 2.05) is 0 Å². The van der Waals surface area contributed by atoms with Crippen molar-refractivity contribution in [2.45, 2.75) is 39.5 Å². The first-order valence-corrected chi connectivity index (χ1v) is 10.4. The van der Waals surface area contributed by atoms with E-state index in [2.05, 4.69) is 75.8 Å². The van der Waals surface area contributed by atoms with Gasteiger partial charge in [0.15, 0.2) is 0 Å². The zero-order chi connectivity index (χ0) is 13.8. The van der Waals surface area contributed by atoms with Crippen molar-refractivity contribution in [3.8, 4) is 0 Å². The number of anilines is 1. The molecule has 0 radical (unpaired) electrons. The van der Waals surface area contributed by atoms with Crippen molar-refractivity contribution in [2.75, 3.05) is 18.5 Å². The molecule has 0 unspecified atom stereocenters. The Balaban J connectivity index is 2.69. The van der Waals surface area contributed by atoms with Gasteiger partial charge in [-0.25, -0.2) is 0 Å². The van der Waals surface area contributed by atoms with Crippen LogP contribution in [0.1, 0.15) is 13.8 Å². The van der Waals surface area contributed by atoms with Crippen LogP contribution in [0.25, 0.3) is 0 Å². The topological polar surface area (TPSA) is 3.24 Å². The van der Waals surface area contributed by atoms with E-state index in [-0.39, 0.29) is 0 Å². The zero-order valence-corrected chi connectivity index (χ0v) is 13.7. The summed E-state index contributed by atoms with van der Waals surface area (Å²) in [5, 5.41) is 0. The van der Waals surface area contributed by atoms with Crippen LogP contribution in [0.3, 0.4) is 0 Å². The van der Waals surface area contributed by atoms with Crippen molar-refractivity contribution in [1.82, 2.24) is 0 Å². The molecule has 1 rings (SSSR count). The summed E-state index contributed by atoms with van der Waals surface area (Å²) in [6.45, 7) is 12.9. The maximum atomic E-state index is 2.44. The molecule has 100 valence electrons. The number of nitrogens with zero attached hydrogens (tertiary/aromatic N) is 1. The summed E-state index contributed by atoms with van der Waals surface area (Å²) in [5.41, 5.74) is 4.39. The summed E-state index contributed by atoms with van der Waals surface area (Å²) < 4.78 is 0. The monoisotopic (exact) mass is 261 g/mol. The number of likely N-dealkylation sites (N-methyl/N-ethyl adjacent to an activating group) is 1. The largest absolute Gasteiger partial charge is 0.371 e. The number of benzene rings is 1. The van der Waals surface area contributed by atoms with Crippen molar-refractivity contribution in [1.29, 1.82) is 0 Å². The molecule has 18 heavy (non-hydrogen) atoms. The molecular weight excluding hydrogens is 234 g/mol. The fourth-order valence-electron chi connectivity index (χ4n) is 2.21. The second-order valence-electron chi connectivity index (χ2n) is 6.49. The Morgan fingerprint density at radius 2 is 1.56 bits per heavy atom. The molecule has 0 aliphatic carbocycles. The van der Waals surface area contributed by atoms with E-state index >= 15 is 0 Å². The van der Waals surface area contributed by atoms with Gasteiger partial charge in [0.05, 0.1) is 0 Å².